The molecule has 128 valence electrons. The fourth-order valence-corrected chi connectivity index (χ4v) is 3.07. The van der Waals surface area contributed by atoms with E-state index in [1.165, 1.54) is 12.1 Å². The van der Waals surface area contributed by atoms with Crippen LogP contribution in [0.4, 0.5) is 8.78 Å². The molecule has 1 aromatic heterocycles. The normalized spacial score (nSPS) is 11.1. The van der Waals surface area contributed by atoms with Crippen molar-refractivity contribution < 1.29 is 13.6 Å². The van der Waals surface area contributed by atoms with E-state index in [4.69, 9.17) is 11.6 Å². The van der Waals surface area contributed by atoms with Gasteiger partial charge in [-0.25, -0.2) is 8.78 Å². The van der Waals surface area contributed by atoms with Gasteiger partial charge < -0.3 is 0 Å². The molecule has 0 aliphatic rings. The van der Waals surface area contributed by atoms with Crippen LogP contribution in [0, 0.1) is 0 Å². The summed E-state index contributed by atoms with van der Waals surface area (Å²) in [6.45, 7) is 0. The lowest BCUT2D eigenvalue weighted by molar-refractivity contribution is 0.108. The molecule has 0 atom stereocenters. The topological polar surface area (TPSA) is 45.8 Å². The highest BCUT2D eigenvalue weighted by molar-refractivity contribution is 7.98. The fourth-order valence-electron chi connectivity index (χ4n) is 2.54. The molecule has 0 fully saturated rings. The highest BCUT2D eigenvalue weighted by Crippen LogP contribution is 2.38. The van der Waals surface area contributed by atoms with E-state index in [1.54, 1.807) is 23.9 Å². The second-order valence-electron chi connectivity index (χ2n) is 5.24. The molecule has 3 nitrogen and oxygen atoms in total. The first-order valence-electron chi connectivity index (χ1n) is 7.32. The van der Waals surface area contributed by atoms with E-state index >= 15 is 0 Å². The lowest BCUT2D eigenvalue weighted by Gasteiger charge is -2.08. The summed E-state index contributed by atoms with van der Waals surface area (Å²) in [5.74, 6) is 0. The standard InChI is InChI=1S/C18H13ClF2N2OS/c1-25-13-8-6-11(7-9-13)15-14(16(18(20)21)23-22-15)10-2-4-12(5-3-10)17(19)24/h2-9,18H,1H3,(H,22,23). The molecule has 0 aliphatic carbocycles. The highest BCUT2D eigenvalue weighted by Gasteiger charge is 2.23. The molecule has 0 saturated carbocycles. The van der Waals surface area contributed by atoms with Crippen molar-refractivity contribution in [2.24, 2.45) is 0 Å². The maximum Gasteiger partial charge on any atom is 0.282 e. The van der Waals surface area contributed by atoms with Crippen LogP contribution in [0.3, 0.4) is 0 Å². The third-order valence-electron chi connectivity index (χ3n) is 3.78. The largest absolute Gasteiger partial charge is 0.282 e. The molecule has 0 aliphatic heterocycles. The zero-order chi connectivity index (χ0) is 18.0. The molecule has 0 bridgehead atoms. The number of hydrogen-bond acceptors (Lipinski definition) is 3. The Hall–Kier alpha value is -2.18. The number of rotatable bonds is 5. The molecule has 7 heteroatoms. The van der Waals surface area contributed by atoms with Gasteiger partial charge in [0.25, 0.3) is 11.7 Å². The lowest BCUT2D eigenvalue weighted by Crippen LogP contribution is -1.92. The number of nitrogens with one attached hydrogen (secondary N) is 1. The molecule has 0 spiro atoms. The summed E-state index contributed by atoms with van der Waals surface area (Å²) in [4.78, 5) is 12.3. The second-order valence-corrected chi connectivity index (χ2v) is 6.46. The van der Waals surface area contributed by atoms with Crippen molar-refractivity contribution in [3.8, 4) is 22.4 Å². The number of aromatic amines is 1. The van der Waals surface area contributed by atoms with Crippen LogP contribution < -0.4 is 0 Å². The van der Waals surface area contributed by atoms with Crippen LogP contribution in [0.25, 0.3) is 22.4 Å². The average molecular weight is 379 g/mol. The number of nitrogens with zero attached hydrogens (tertiary/aromatic N) is 1. The van der Waals surface area contributed by atoms with Gasteiger partial charge in [-0.1, -0.05) is 24.3 Å². The van der Waals surface area contributed by atoms with Crippen LogP contribution in [0.5, 0.6) is 0 Å². The van der Waals surface area contributed by atoms with Crippen LogP contribution in [0.1, 0.15) is 22.5 Å². The van der Waals surface area contributed by atoms with Crippen molar-refractivity contribution in [3.63, 3.8) is 0 Å². The van der Waals surface area contributed by atoms with Gasteiger partial charge in [-0.2, -0.15) is 5.10 Å². The number of alkyl halides is 2. The van der Waals surface area contributed by atoms with E-state index in [0.717, 1.165) is 10.5 Å². The maximum absolute atomic E-state index is 13.4. The Morgan fingerprint density at radius 2 is 1.68 bits per heavy atom. The van der Waals surface area contributed by atoms with Gasteiger partial charge in [0.05, 0.1) is 5.69 Å². The summed E-state index contributed by atoms with van der Waals surface area (Å²) >= 11 is 7.04. The van der Waals surface area contributed by atoms with Gasteiger partial charge >= 0.3 is 0 Å². The Balaban J connectivity index is 2.12. The third-order valence-corrected chi connectivity index (χ3v) is 4.74. The summed E-state index contributed by atoms with van der Waals surface area (Å²) in [5, 5.41) is 5.91. The second kappa shape index (κ2) is 7.37. The van der Waals surface area contributed by atoms with Crippen molar-refractivity contribution in [3.05, 3.63) is 59.8 Å². The number of benzene rings is 2. The number of thioether (sulfide) groups is 1. The van der Waals surface area contributed by atoms with Crippen molar-refractivity contribution in [2.45, 2.75) is 11.3 Å². The predicted molar refractivity (Wildman–Crippen MR) is 96.4 cm³/mol. The van der Waals surface area contributed by atoms with Gasteiger partial charge in [0.1, 0.15) is 5.69 Å². The van der Waals surface area contributed by atoms with Crippen LogP contribution >= 0.6 is 23.4 Å². The van der Waals surface area contributed by atoms with Crippen LogP contribution in [-0.4, -0.2) is 21.7 Å². The van der Waals surface area contributed by atoms with E-state index in [1.807, 2.05) is 30.5 Å². The highest BCUT2D eigenvalue weighted by atomic mass is 35.5. The molecule has 0 saturated heterocycles. The molecular weight excluding hydrogens is 366 g/mol. The SMILES string of the molecule is CSc1ccc(-c2[nH]nc(C(F)F)c2-c2ccc(C(=O)Cl)cc2)cc1. The van der Waals surface area contributed by atoms with Crippen molar-refractivity contribution in [1.82, 2.24) is 10.2 Å². The van der Waals surface area contributed by atoms with E-state index in [9.17, 15) is 13.6 Å². The molecular formula is C18H13ClF2N2OS. The number of H-pyrrole nitrogens is 1. The number of carbonyl (C=O) groups is 1. The Morgan fingerprint density at radius 3 is 2.20 bits per heavy atom. The van der Waals surface area contributed by atoms with E-state index in [-0.39, 0.29) is 5.69 Å². The minimum atomic E-state index is -2.72. The van der Waals surface area contributed by atoms with Crippen LogP contribution in [-0.2, 0) is 0 Å². The molecule has 25 heavy (non-hydrogen) atoms. The molecule has 1 heterocycles. The monoisotopic (exact) mass is 378 g/mol. The van der Waals surface area contributed by atoms with Gasteiger partial charge in [0.15, 0.2) is 0 Å². The summed E-state index contributed by atoms with van der Waals surface area (Å²) in [6.07, 6.45) is -0.759. The third kappa shape index (κ3) is 3.60. The minimum absolute atomic E-state index is 0.304. The molecule has 1 N–H and O–H groups in total. The fraction of sp³-hybridized carbons (Fsp3) is 0.111. The summed E-state index contributed by atoms with van der Waals surface area (Å²) in [5.41, 5.74) is 2.10. The van der Waals surface area contributed by atoms with Crippen LogP contribution in [0.2, 0.25) is 0 Å². The predicted octanol–water partition coefficient (Wildman–Crippen LogP) is 5.78. The van der Waals surface area contributed by atoms with E-state index in [0.29, 0.717) is 22.4 Å². The van der Waals surface area contributed by atoms with Crippen molar-refractivity contribution in [1.29, 1.82) is 0 Å². The molecule has 0 amide bonds. The van der Waals surface area contributed by atoms with Crippen molar-refractivity contribution in [2.75, 3.05) is 6.26 Å². The van der Waals surface area contributed by atoms with E-state index < -0.39 is 11.7 Å². The zero-order valence-corrected chi connectivity index (χ0v) is 14.7. The summed E-state index contributed by atoms with van der Waals surface area (Å²) in [7, 11) is 0. The first kappa shape index (κ1) is 17.6. The minimum Gasteiger partial charge on any atom is -0.277 e. The average Bonchev–Trinajstić information content (AvgIpc) is 3.07. The van der Waals surface area contributed by atoms with Gasteiger partial charge in [-0.3, -0.25) is 9.89 Å². The Kier molecular flexibility index (Phi) is 5.20. The number of hydrogen-bond donors (Lipinski definition) is 1. The smallest absolute Gasteiger partial charge is 0.277 e. The molecule has 2 aromatic carbocycles. The first-order valence-corrected chi connectivity index (χ1v) is 8.92. The van der Waals surface area contributed by atoms with Gasteiger partial charge in [0, 0.05) is 21.6 Å². The maximum atomic E-state index is 13.4. The van der Waals surface area contributed by atoms with Crippen molar-refractivity contribution >= 4 is 28.6 Å². The number of carbonyl (C=O) groups excluding carboxylic acids is 1. The van der Waals surface area contributed by atoms with Gasteiger partial charge in [0.2, 0.25) is 0 Å². The number of halogens is 3. The zero-order valence-electron chi connectivity index (χ0n) is 13.1. The Bertz CT molecular complexity index is 892. The van der Waals surface area contributed by atoms with E-state index in [2.05, 4.69) is 10.2 Å². The van der Waals surface area contributed by atoms with Crippen LogP contribution in [0.15, 0.2) is 53.4 Å². The Labute approximate surface area is 152 Å². The molecule has 0 unspecified atom stereocenters. The molecule has 3 aromatic rings. The quantitative estimate of drug-likeness (QED) is 0.452. The molecule has 3 rings (SSSR count). The summed E-state index contributed by atoms with van der Waals surface area (Å²) in [6, 6.07) is 13.7. The number of aromatic nitrogens is 2. The van der Waals surface area contributed by atoms with Gasteiger partial charge in [-0.15, -0.1) is 11.8 Å². The summed E-state index contributed by atoms with van der Waals surface area (Å²) < 4.78 is 26.8. The Morgan fingerprint density at radius 1 is 1.08 bits per heavy atom. The first-order chi connectivity index (χ1) is 12.0. The van der Waals surface area contributed by atoms with Gasteiger partial charge in [-0.05, 0) is 47.7 Å². The lowest BCUT2D eigenvalue weighted by atomic mass is 9.98. The molecule has 0 radical (unpaired) electrons.